The van der Waals surface area contributed by atoms with Crippen molar-refractivity contribution in [2.45, 2.75) is 111 Å². The SMILES string of the molecule is C=C1/C(=C\C=C2/CCC[C@]3(C)C([C@H](C)CCC(CC)C(C)C)CC[C@@H]23)C[C@H](O)C[C@@H]1O. The van der Waals surface area contributed by atoms with Crippen molar-refractivity contribution in [3.8, 4) is 0 Å². The molecule has 3 saturated carbocycles. The van der Waals surface area contributed by atoms with Gasteiger partial charge in [-0.25, -0.2) is 0 Å². The van der Waals surface area contributed by atoms with E-state index in [2.05, 4.69) is 53.3 Å². The first-order valence-electron chi connectivity index (χ1n) is 13.1. The first-order chi connectivity index (χ1) is 14.7. The van der Waals surface area contributed by atoms with Crippen LogP contribution in [0.1, 0.15) is 98.8 Å². The second-order valence-corrected chi connectivity index (χ2v) is 11.6. The first kappa shape index (κ1) is 24.8. The van der Waals surface area contributed by atoms with E-state index in [9.17, 15) is 10.2 Å². The minimum atomic E-state index is -0.598. The lowest BCUT2D eigenvalue weighted by Gasteiger charge is -2.44. The normalized spacial score (nSPS) is 38.6. The van der Waals surface area contributed by atoms with E-state index in [4.69, 9.17) is 0 Å². The van der Waals surface area contributed by atoms with Gasteiger partial charge in [0.25, 0.3) is 0 Å². The number of hydrogen-bond donors (Lipinski definition) is 2. The van der Waals surface area contributed by atoms with E-state index in [0.29, 0.717) is 24.2 Å². The number of aliphatic hydroxyl groups is 2. The Morgan fingerprint density at radius 1 is 1.13 bits per heavy atom. The van der Waals surface area contributed by atoms with E-state index >= 15 is 0 Å². The van der Waals surface area contributed by atoms with Crippen LogP contribution in [-0.2, 0) is 0 Å². The standard InChI is InChI=1S/C29H48O2/c1-7-22(19(2)3)11-10-20(4)26-14-15-27-23(9-8-16-29(26,27)6)12-13-24-17-25(30)18-28(31)21(24)5/h12-13,19-20,22,25-28,30-31H,5,7-11,14-18H2,1-4,6H3/b23-12+,24-13-/t20-,22?,25+,26?,27+,28+,29-/m1/s1. The molecule has 0 amide bonds. The van der Waals surface area contributed by atoms with Crippen LogP contribution in [-0.4, -0.2) is 22.4 Å². The Hall–Kier alpha value is -0.860. The Morgan fingerprint density at radius 3 is 2.55 bits per heavy atom. The van der Waals surface area contributed by atoms with Crippen LogP contribution in [0.2, 0.25) is 0 Å². The molecule has 2 N–H and O–H groups in total. The molecule has 176 valence electrons. The molecule has 2 unspecified atom stereocenters. The van der Waals surface area contributed by atoms with E-state index in [0.717, 1.165) is 34.8 Å². The van der Waals surface area contributed by atoms with Crippen LogP contribution in [0, 0.1) is 35.0 Å². The lowest BCUT2D eigenvalue weighted by Crippen LogP contribution is -2.36. The second kappa shape index (κ2) is 10.4. The van der Waals surface area contributed by atoms with E-state index in [-0.39, 0.29) is 0 Å². The summed E-state index contributed by atoms with van der Waals surface area (Å²) in [5.74, 6) is 4.02. The molecular formula is C29H48O2. The van der Waals surface area contributed by atoms with Crippen LogP contribution >= 0.6 is 0 Å². The highest BCUT2D eigenvalue weighted by Crippen LogP contribution is 2.60. The van der Waals surface area contributed by atoms with Crippen LogP contribution < -0.4 is 0 Å². The van der Waals surface area contributed by atoms with E-state index in [1.807, 2.05) is 0 Å². The highest BCUT2D eigenvalue weighted by molar-refractivity contribution is 5.38. The van der Waals surface area contributed by atoms with Crippen molar-refractivity contribution < 1.29 is 10.2 Å². The van der Waals surface area contributed by atoms with E-state index in [1.165, 1.54) is 51.4 Å². The molecule has 0 aliphatic heterocycles. The van der Waals surface area contributed by atoms with Gasteiger partial charge in [-0.1, -0.05) is 71.8 Å². The third kappa shape index (κ3) is 5.38. The molecule has 2 nitrogen and oxygen atoms in total. The fourth-order valence-electron chi connectivity index (χ4n) is 7.37. The Bertz CT molecular complexity index is 687. The molecule has 0 aromatic rings. The third-order valence-electron chi connectivity index (χ3n) is 9.45. The molecule has 3 aliphatic rings. The van der Waals surface area contributed by atoms with Crippen molar-refractivity contribution in [3.63, 3.8) is 0 Å². The Morgan fingerprint density at radius 2 is 1.87 bits per heavy atom. The molecule has 0 heterocycles. The lowest BCUT2D eigenvalue weighted by molar-refractivity contribution is 0.0860. The quantitative estimate of drug-likeness (QED) is 0.449. The van der Waals surface area contributed by atoms with Crippen molar-refractivity contribution in [3.05, 3.63) is 35.5 Å². The Labute approximate surface area is 191 Å². The zero-order valence-corrected chi connectivity index (χ0v) is 20.9. The number of allylic oxidation sites excluding steroid dienone is 3. The summed E-state index contributed by atoms with van der Waals surface area (Å²) < 4.78 is 0. The van der Waals surface area contributed by atoms with Crippen molar-refractivity contribution >= 4 is 0 Å². The maximum absolute atomic E-state index is 10.2. The van der Waals surface area contributed by atoms with Gasteiger partial charge in [0.2, 0.25) is 0 Å². The predicted molar refractivity (Wildman–Crippen MR) is 132 cm³/mol. The number of fused-ring (bicyclic) bond motifs is 1. The zero-order chi connectivity index (χ0) is 22.8. The lowest BCUT2D eigenvalue weighted by atomic mass is 9.60. The van der Waals surface area contributed by atoms with E-state index in [1.54, 1.807) is 5.57 Å². The van der Waals surface area contributed by atoms with Gasteiger partial charge in [0.05, 0.1) is 12.2 Å². The molecule has 3 rings (SSSR count). The van der Waals surface area contributed by atoms with Crippen molar-refractivity contribution in [1.29, 1.82) is 0 Å². The molecule has 31 heavy (non-hydrogen) atoms. The minimum Gasteiger partial charge on any atom is -0.393 e. The van der Waals surface area contributed by atoms with Crippen LogP contribution in [0.5, 0.6) is 0 Å². The van der Waals surface area contributed by atoms with Crippen LogP contribution in [0.4, 0.5) is 0 Å². The zero-order valence-electron chi connectivity index (χ0n) is 20.9. The molecule has 0 saturated heterocycles. The van der Waals surface area contributed by atoms with Crippen LogP contribution in [0.15, 0.2) is 35.5 Å². The highest BCUT2D eigenvalue weighted by Gasteiger charge is 2.50. The number of hydrogen-bond acceptors (Lipinski definition) is 2. The van der Waals surface area contributed by atoms with Gasteiger partial charge >= 0.3 is 0 Å². The van der Waals surface area contributed by atoms with Crippen molar-refractivity contribution in [1.82, 2.24) is 0 Å². The van der Waals surface area contributed by atoms with Crippen molar-refractivity contribution in [2.75, 3.05) is 0 Å². The van der Waals surface area contributed by atoms with Gasteiger partial charge in [0.1, 0.15) is 0 Å². The number of rotatable bonds is 7. The molecule has 3 aliphatic carbocycles. The smallest absolute Gasteiger partial charge is 0.0811 e. The maximum atomic E-state index is 10.2. The average molecular weight is 429 g/mol. The van der Waals surface area contributed by atoms with Crippen LogP contribution in [0.25, 0.3) is 0 Å². The molecule has 7 atom stereocenters. The molecule has 2 heteroatoms. The van der Waals surface area contributed by atoms with Gasteiger partial charge in [-0.2, -0.15) is 0 Å². The van der Waals surface area contributed by atoms with Gasteiger partial charge in [0, 0.05) is 6.42 Å². The summed E-state index contributed by atoms with van der Waals surface area (Å²) in [5.41, 5.74) is 3.87. The summed E-state index contributed by atoms with van der Waals surface area (Å²) >= 11 is 0. The molecule has 0 spiro atoms. The topological polar surface area (TPSA) is 40.5 Å². The van der Waals surface area contributed by atoms with Crippen molar-refractivity contribution in [2.24, 2.45) is 35.0 Å². The number of aliphatic hydroxyl groups excluding tert-OH is 2. The summed E-state index contributed by atoms with van der Waals surface area (Å²) in [6, 6.07) is 0. The maximum Gasteiger partial charge on any atom is 0.0811 e. The predicted octanol–water partition coefficient (Wildman–Crippen LogP) is 7.23. The molecule has 0 radical (unpaired) electrons. The van der Waals surface area contributed by atoms with Gasteiger partial charge in [-0.15, -0.1) is 0 Å². The summed E-state index contributed by atoms with van der Waals surface area (Å²) in [5, 5.41) is 20.2. The van der Waals surface area contributed by atoms with Gasteiger partial charge in [0.15, 0.2) is 0 Å². The fourth-order valence-corrected chi connectivity index (χ4v) is 7.37. The molecule has 3 fully saturated rings. The second-order valence-electron chi connectivity index (χ2n) is 11.6. The Kier molecular flexibility index (Phi) is 8.30. The minimum absolute atomic E-state index is 0.419. The summed E-state index contributed by atoms with van der Waals surface area (Å²) in [6.07, 6.45) is 15.1. The summed E-state index contributed by atoms with van der Waals surface area (Å²) in [4.78, 5) is 0. The molecule has 0 aromatic heterocycles. The van der Waals surface area contributed by atoms with Gasteiger partial charge in [-0.3, -0.25) is 0 Å². The highest BCUT2D eigenvalue weighted by atomic mass is 16.3. The molecule has 0 aromatic carbocycles. The van der Waals surface area contributed by atoms with E-state index < -0.39 is 12.2 Å². The Balaban J connectivity index is 1.71. The van der Waals surface area contributed by atoms with Crippen LogP contribution in [0.3, 0.4) is 0 Å². The van der Waals surface area contributed by atoms with Gasteiger partial charge in [-0.05, 0) is 91.1 Å². The fraction of sp³-hybridized carbons (Fsp3) is 0.793. The largest absolute Gasteiger partial charge is 0.393 e. The summed E-state index contributed by atoms with van der Waals surface area (Å²) in [6.45, 7) is 16.3. The molecule has 0 bridgehead atoms. The van der Waals surface area contributed by atoms with Gasteiger partial charge < -0.3 is 10.2 Å². The molecular weight excluding hydrogens is 380 g/mol. The third-order valence-corrected chi connectivity index (χ3v) is 9.45. The summed E-state index contributed by atoms with van der Waals surface area (Å²) in [7, 11) is 0. The first-order valence-corrected chi connectivity index (χ1v) is 13.1. The monoisotopic (exact) mass is 428 g/mol. The average Bonchev–Trinajstić information content (AvgIpc) is 3.07.